The number of piperidine rings is 1. The molecule has 0 radical (unpaired) electrons. The average Bonchev–Trinajstić information content (AvgIpc) is 2.76. The molecular weight excluding hydrogens is 234 g/mol. The summed E-state index contributed by atoms with van der Waals surface area (Å²) in [5.74, 6) is 2.06. The molecule has 1 aromatic heterocycles. The third-order valence-electron chi connectivity index (χ3n) is 4.36. The molecule has 2 aromatic rings. The van der Waals surface area contributed by atoms with Crippen molar-refractivity contribution in [2.45, 2.75) is 32.6 Å². The number of para-hydroxylation sites is 1. The molecule has 1 aliphatic heterocycles. The van der Waals surface area contributed by atoms with Crippen LogP contribution in [0.1, 0.15) is 30.7 Å². The number of hydrogen-bond acceptors (Lipinski definition) is 2. The van der Waals surface area contributed by atoms with E-state index in [1.807, 2.05) is 0 Å². The molecule has 0 saturated carbocycles. The summed E-state index contributed by atoms with van der Waals surface area (Å²) in [5, 5.41) is 3.49. The molecule has 1 N–H and O–H groups in total. The molecule has 0 amide bonds. The van der Waals surface area contributed by atoms with Gasteiger partial charge in [-0.2, -0.15) is 0 Å². The van der Waals surface area contributed by atoms with Gasteiger partial charge in [-0.15, -0.1) is 0 Å². The van der Waals surface area contributed by atoms with Crippen LogP contribution in [0, 0.1) is 12.8 Å². The molecule has 1 fully saturated rings. The Labute approximate surface area is 115 Å². The van der Waals surface area contributed by atoms with Crippen LogP contribution < -0.4 is 5.32 Å². The lowest BCUT2D eigenvalue weighted by molar-refractivity contribution is 0.355. The topological polar surface area (TPSA) is 29.9 Å². The number of nitrogens with zero attached hydrogens (tertiary/aromatic N) is 2. The molecule has 3 rings (SSSR count). The molecular formula is C16H23N3. The maximum atomic E-state index is 4.80. The van der Waals surface area contributed by atoms with Crippen LogP contribution in [0.4, 0.5) is 0 Å². The van der Waals surface area contributed by atoms with E-state index in [9.17, 15) is 0 Å². The summed E-state index contributed by atoms with van der Waals surface area (Å²) in [7, 11) is 2.15. The smallest absolute Gasteiger partial charge is 0.109 e. The Kier molecular flexibility index (Phi) is 3.56. The van der Waals surface area contributed by atoms with Crippen molar-refractivity contribution in [1.29, 1.82) is 0 Å². The van der Waals surface area contributed by atoms with Gasteiger partial charge in [0, 0.05) is 13.5 Å². The van der Waals surface area contributed by atoms with Gasteiger partial charge < -0.3 is 9.88 Å². The fourth-order valence-electron chi connectivity index (χ4n) is 3.24. The molecule has 0 bridgehead atoms. The van der Waals surface area contributed by atoms with Gasteiger partial charge in [-0.1, -0.05) is 12.1 Å². The van der Waals surface area contributed by atoms with Crippen molar-refractivity contribution in [1.82, 2.24) is 14.9 Å². The molecule has 19 heavy (non-hydrogen) atoms. The first-order valence-corrected chi connectivity index (χ1v) is 7.37. The summed E-state index contributed by atoms with van der Waals surface area (Å²) in [6, 6.07) is 6.38. The average molecular weight is 257 g/mol. The van der Waals surface area contributed by atoms with Crippen molar-refractivity contribution >= 4 is 11.0 Å². The predicted octanol–water partition coefficient (Wildman–Crippen LogP) is 2.81. The first-order valence-electron chi connectivity index (χ1n) is 7.37. The first kappa shape index (κ1) is 12.7. The van der Waals surface area contributed by atoms with E-state index in [4.69, 9.17) is 4.98 Å². The summed E-state index contributed by atoms with van der Waals surface area (Å²) >= 11 is 0. The summed E-state index contributed by atoms with van der Waals surface area (Å²) in [5.41, 5.74) is 3.75. The van der Waals surface area contributed by atoms with Crippen LogP contribution in [0.25, 0.3) is 11.0 Å². The first-order chi connectivity index (χ1) is 9.25. The third-order valence-corrected chi connectivity index (χ3v) is 4.36. The molecule has 1 unspecified atom stereocenters. The summed E-state index contributed by atoms with van der Waals surface area (Å²) < 4.78 is 2.28. The van der Waals surface area contributed by atoms with E-state index in [1.54, 1.807) is 0 Å². The van der Waals surface area contributed by atoms with Gasteiger partial charge in [-0.25, -0.2) is 4.98 Å². The number of hydrogen-bond donors (Lipinski definition) is 1. The highest BCUT2D eigenvalue weighted by molar-refractivity contribution is 5.79. The highest BCUT2D eigenvalue weighted by Gasteiger charge is 2.15. The van der Waals surface area contributed by atoms with Gasteiger partial charge in [-0.05, 0) is 56.8 Å². The molecule has 3 nitrogen and oxygen atoms in total. The van der Waals surface area contributed by atoms with Crippen LogP contribution in [0.2, 0.25) is 0 Å². The number of aromatic nitrogens is 2. The molecule has 1 atom stereocenters. The largest absolute Gasteiger partial charge is 0.331 e. The van der Waals surface area contributed by atoms with Crippen molar-refractivity contribution < 1.29 is 0 Å². The minimum atomic E-state index is 0.828. The molecule has 1 saturated heterocycles. The molecule has 2 heterocycles. The van der Waals surface area contributed by atoms with E-state index in [0.29, 0.717) is 0 Å². The monoisotopic (exact) mass is 257 g/mol. The second-order valence-corrected chi connectivity index (χ2v) is 5.78. The van der Waals surface area contributed by atoms with E-state index in [0.717, 1.165) is 17.9 Å². The number of nitrogens with one attached hydrogen (secondary N) is 1. The van der Waals surface area contributed by atoms with Gasteiger partial charge >= 0.3 is 0 Å². The molecule has 102 valence electrons. The normalized spacial score (nSPS) is 20.0. The maximum Gasteiger partial charge on any atom is 0.109 e. The lowest BCUT2D eigenvalue weighted by Gasteiger charge is -2.22. The number of imidazole rings is 1. The number of fused-ring (bicyclic) bond motifs is 1. The summed E-state index contributed by atoms with van der Waals surface area (Å²) in [6.07, 6.45) is 5.04. The van der Waals surface area contributed by atoms with Crippen LogP contribution in [-0.2, 0) is 13.5 Å². The zero-order chi connectivity index (χ0) is 13.2. The van der Waals surface area contributed by atoms with Crippen molar-refractivity contribution in [2.75, 3.05) is 13.1 Å². The predicted molar refractivity (Wildman–Crippen MR) is 79.4 cm³/mol. The van der Waals surface area contributed by atoms with Crippen molar-refractivity contribution in [3.63, 3.8) is 0 Å². The van der Waals surface area contributed by atoms with Crippen molar-refractivity contribution in [3.8, 4) is 0 Å². The molecule has 0 spiro atoms. The number of benzene rings is 1. The van der Waals surface area contributed by atoms with E-state index in [2.05, 4.69) is 42.1 Å². The molecule has 1 aromatic carbocycles. The Hall–Kier alpha value is -1.35. The van der Waals surface area contributed by atoms with Gasteiger partial charge in [-0.3, -0.25) is 0 Å². The minimum Gasteiger partial charge on any atom is -0.331 e. The number of aryl methyl sites for hydroxylation is 3. The fourth-order valence-corrected chi connectivity index (χ4v) is 3.24. The van der Waals surface area contributed by atoms with Gasteiger partial charge in [0.15, 0.2) is 0 Å². The SMILES string of the molecule is Cc1cccc2nc(CCC3CCCNC3)n(C)c12. The third kappa shape index (κ3) is 2.52. The highest BCUT2D eigenvalue weighted by Crippen LogP contribution is 2.22. The maximum absolute atomic E-state index is 4.80. The Morgan fingerprint density at radius 1 is 1.42 bits per heavy atom. The Balaban J connectivity index is 1.77. The van der Waals surface area contributed by atoms with Gasteiger partial charge in [0.25, 0.3) is 0 Å². The van der Waals surface area contributed by atoms with Crippen LogP contribution in [0.5, 0.6) is 0 Å². The molecule has 0 aliphatic carbocycles. The summed E-state index contributed by atoms with van der Waals surface area (Å²) in [6.45, 7) is 4.55. The summed E-state index contributed by atoms with van der Waals surface area (Å²) in [4.78, 5) is 4.80. The van der Waals surface area contributed by atoms with Gasteiger partial charge in [0.1, 0.15) is 5.82 Å². The van der Waals surface area contributed by atoms with Crippen molar-refractivity contribution in [3.05, 3.63) is 29.6 Å². The lowest BCUT2D eigenvalue weighted by atomic mass is 9.94. The van der Waals surface area contributed by atoms with Crippen molar-refractivity contribution in [2.24, 2.45) is 13.0 Å². The Bertz CT molecular complexity index is 565. The van der Waals surface area contributed by atoms with Crippen LogP contribution in [-0.4, -0.2) is 22.6 Å². The quantitative estimate of drug-likeness (QED) is 0.916. The minimum absolute atomic E-state index is 0.828. The second kappa shape index (κ2) is 5.33. The van der Waals surface area contributed by atoms with Crippen LogP contribution >= 0.6 is 0 Å². The second-order valence-electron chi connectivity index (χ2n) is 5.78. The van der Waals surface area contributed by atoms with E-state index in [1.165, 1.54) is 49.3 Å². The molecule has 1 aliphatic rings. The zero-order valence-electron chi connectivity index (χ0n) is 11.9. The zero-order valence-corrected chi connectivity index (χ0v) is 11.9. The van der Waals surface area contributed by atoms with Gasteiger partial charge in [0.2, 0.25) is 0 Å². The van der Waals surface area contributed by atoms with E-state index >= 15 is 0 Å². The Morgan fingerprint density at radius 3 is 3.05 bits per heavy atom. The van der Waals surface area contributed by atoms with E-state index in [-0.39, 0.29) is 0 Å². The Morgan fingerprint density at radius 2 is 2.32 bits per heavy atom. The highest BCUT2D eigenvalue weighted by atomic mass is 15.1. The molecule has 3 heteroatoms. The van der Waals surface area contributed by atoms with E-state index < -0.39 is 0 Å². The van der Waals surface area contributed by atoms with Gasteiger partial charge in [0.05, 0.1) is 11.0 Å². The van der Waals surface area contributed by atoms with Crippen LogP contribution in [0.15, 0.2) is 18.2 Å². The number of rotatable bonds is 3. The lowest BCUT2D eigenvalue weighted by Crippen LogP contribution is -2.30. The fraction of sp³-hybridized carbons (Fsp3) is 0.562. The standard InChI is InChI=1S/C16H23N3/c1-12-5-3-7-14-16(12)19(2)15(18-14)9-8-13-6-4-10-17-11-13/h3,5,7,13,17H,4,6,8-11H2,1-2H3. The van der Waals surface area contributed by atoms with Crippen LogP contribution in [0.3, 0.4) is 0 Å².